The highest BCUT2D eigenvalue weighted by molar-refractivity contribution is 5.81. The molecule has 4 fully saturated rings. The summed E-state index contributed by atoms with van der Waals surface area (Å²) in [4.78, 5) is 13.1. The topological polar surface area (TPSA) is 46.5 Å². The summed E-state index contributed by atoms with van der Waals surface area (Å²) in [5.74, 6) is 3.04. The zero-order valence-corrected chi connectivity index (χ0v) is 21.9. The lowest BCUT2D eigenvalue weighted by Crippen LogP contribution is -2.68. The van der Waals surface area contributed by atoms with Crippen LogP contribution in [0.15, 0.2) is 41.5 Å². The van der Waals surface area contributed by atoms with Gasteiger partial charge in [-0.1, -0.05) is 49.8 Å². The van der Waals surface area contributed by atoms with Gasteiger partial charge >= 0.3 is 0 Å². The number of carbonyl (C=O) groups excluding carboxylic acids is 1. The van der Waals surface area contributed by atoms with Gasteiger partial charge in [-0.3, -0.25) is 4.79 Å². The minimum absolute atomic E-state index is 0.185. The highest BCUT2D eigenvalue weighted by atomic mass is 16.5. The summed E-state index contributed by atoms with van der Waals surface area (Å²) < 4.78 is 7.15. The summed E-state index contributed by atoms with van der Waals surface area (Å²) >= 11 is 0. The van der Waals surface area contributed by atoms with Crippen LogP contribution in [0.5, 0.6) is 0 Å². The van der Waals surface area contributed by atoms with Crippen LogP contribution in [0, 0.1) is 46.3 Å². The molecule has 3 nitrogen and oxygen atoms in total. The molecular formula is C32H42O3. The van der Waals surface area contributed by atoms with Crippen molar-refractivity contribution in [3.63, 3.8) is 0 Å². The normalized spacial score (nSPS) is 49.5. The van der Waals surface area contributed by atoms with Crippen LogP contribution in [-0.2, 0) is 16.0 Å². The van der Waals surface area contributed by atoms with E-state index in [1.807, 2.05) is 0 Å². The molecule has 0 radical (unpaired) electrons. The lowest BCUT2D eigenvalue weighted by molar-refractivity contribution is -0.248. The quantitative estimate of drug-likeness (QED) is 0.524. The Morgan fingerprint density at radius 2 is 1.77 bits per heavy atom. The van der Waals surface area contributed by atoms with E-state index in [0.29, 0.717) is 41.9 Å². The Morgan fingerprint density at radius 1 is 1.00 bits per heavy atom. The highest BCUT2D eigenvalue weighted by Crippen LogP contribution is 2.73. The molecule has 0 aromatic heterocycles. The van der Waals surface area contributed by atoms with Crippen molar-refractivity contribution in [1.29, 1.82) is 0 Å². The Bertz CT molecular complexity index is 1090. The molecule has 35 heavy (non-hydrogen) atoms. The van der Waals surface area contributed by atoms with Crippen molar-refractivity contribution in [2.24, 2.45) is 46.3 Å². The molecule has 1 aromatic rings. The lowest BCUT2D eigenvalue weighted by atomic mass is 9.39. The van der Waals surface area contributed by atoms with Crippen LogP contribution in [0.2, 0.25) is 0 Å². The standard InChI is InChI=1S/C32H42O3/c1-18-10-11-22-28-23(12-13-31(18,22)4)32(17-19-8-6-5-7-9-19)25(14-20(33)15-26(32)34)27-21-16-24(21)30(2,3)35-29(27)28/h5-9,18,22-23,25-29,34H,10-17H2,1-4H3/t18-,22?,23?,25?,26?,27+,28?,29-,31+,32+/m0/s1. The average Bonchev–Trinajstić information content (AvgIpc) is 3.56. The monoisotopic (exact) mass is 474 g/mol. The van der Waals surface area contributed by atoms with Crippen molar-refractivity contribution < 1.29 is 14.6 Å². The third-order valence-electron chi connectivity index (χ3n) is 12.4. The van der Waals surface area contributed by atoms with Gasteiger partial charge in [-0.05, 0) is 98.5 Å². The van der Waals surface area contributed by atoms with E-state index < -0.39 is 6.10 Å². The molecule has 7 rings (SSSR count). The highest BCUT2D eigenvalue weighted by Gasteiger charge is 2.71. The summed E-state index contributed by atoms with van der Waals surface area (Å²) in [5, 5.41) is 12.0. The van der Waals surface area contributed by atoms with Crippen molar-refractivity contribution in [2.75, 3.05) is 0 Å². The van der Waals surface area contributed by atoms with Gasteiger partial charge in [0, 0.05) is 24.2 Å². The maximum Gasteiger partial charge on any atom is 0.135 e. The fourth-order valence-electron chi connectivity index (χ4n) is 10.6. The number of hydrogen-bond donors (Lipinski definition) is 1. The predicted octanol–water partition coefficient (Wildman–Crippen LogP) is 6.14. The van der Waals surface area contributed by atoms with E-state index in [0.717, 1.165) is 25.2 Å². The zero-order chi connectivity index (χ0) is 24.3. The number of carbonyl (C=O) groups is 1. The molecule has 10 atom stereocenters. The Labute approximate surface area is 210 Å². The van der Waals surface area contributed by atoms with Gasteiger partial charge in [-0.15, -0.1) is 0 Å². The molecule has 5 aliphatic carbocycles. The van der Waals surface area contributed by atoms with Gasteiger partial charge in [0.2, 0.25) is 0 Å². The minimum Gasteiger partial charge on any atom is -0.392 e. The van der Waals surface area contributed by atoms with Crippen LogP contribution in [0.4, 0.5) is 0 Å². The van der Waals surface area contributed by atoms with E-state index >= 15 is 0 Å². The predicted molar refractivity (Wildman–Crippen MR) is 137 cm³/mol. The van der Waals surface area contributed by atoms with Gasteiger partial charge in [0.15, 0.2) is 0 Å². The van der Waals surface area contributed by atoms with Crippen LogP contribution < -0.4 is 0 Å². The third kappa shape index (κ3) is 2.95. The van der Waals surface area contributed by atoms with Gasteiger partial charge in [-0.25, -0.2) is 0 Å². The number of Topliss-reactive ketones (excluding diaryl/α,β-unsaturated/α-hetero) is 1. The molecule has 5 unspecified atom stereocenters. The molecule has 4 saturated carbocycles. The fourth-order valence-corrected chi connectivity index (χ4v) is 10.6. The first-order valence-electron chi connectivity index (χ1n) is 14.3. The van der Waals surface area contributed by atoms with Gasteiger partial charge in [-0.2, -0.15) is 0 Å². The summed E-state index contributed by atoms with van der Waals surface area (Å²) in [5.41, 5.74) is 4.34. The molecule has 1 aliphatic heterocycles. The van der Waals surface area contributed by atoms with Gasteiger partial charge in [0.1, 0.15) is 5.78 Å². The molecule has 1 N–H and O–H groups in total. The Kier molecular flexibility index (Phi) is 4.75. The van der Waals surface area contributed by atoms with Crippen molar-refractivity contribution in [3.05, 3.63) is 47.0 Å². The van der Waals surface area contributed by atoms with Crippen LogP contribution in [0.25, 0.3) is 0 Å². The number of ketones is 1. The Morgan fingerprint density at radius 3 is 2.54 bits per heavy atom. The Hall–Kier alpha value is -1.45. The van der Waals surface area contributed by atoms with Crippen molar-refractivity contribution >= 4 is 5.78 Å². The second-order valence-electron chi connectivity index (χ2n) is 14.0. The van der Waals surface area contributed by atoms with Crippen molar-refractivity contribution in [1.82, 2.24) is 0 Å². The fraction of sp³-hybridized carbons (Fsp3) is 0.719. The number of rotatable bonds is 2. The van der Waals surface area contributed by atoms with Crippen molar-refractivity contribution in [3.8, 4) is 0 Å². The van der Waals surface area contributed by atoms with E-state index in [1.54, 1.807) is 5.57 Å². The molecule has 0 saturated heterocycles. The first kappa shape index (κ1) is 22.7. The molecule has 0 amide bonds. The summed E-state index contributed by atoms with van der Waals surface area (Å²) in [6.45, 7) is 9.58. The van der Waals surface area contributed by atoms with E-state index in [2.05, 4.69) is 58.0 Å². The molecule has 0 spiro atoms. The average molecular weight is 475 g/mol. The molecule has 6 aliphatic rings. The number of hydrogen-bond acceptors (Lipinski definition) is 3. The van der Waals surface area contributed by atoms with E-state index in [-0.39, 0.29) is 28.8 Å². The number of aliphatic hydroxyl groups excluding tert-OH is 1. The van der Waals surface area contributed by atoms with Crippen LogP contribution in [-0.4, -0.2) is 28.7 Å². The molecule has 1 aromatic carbocycles. The number of ether oxygens (including phenoxy) is 1. The van der Waals surface area contributed by atoms with Gasteiger partial charge < -0.3 is 9.84 Å². The number of benzene rings is 1. The van der Waals surface area contributed by atoms with E-state index in [9.17, 15) is 9.90 Å². The van der Waals surface area contributed by atoms with Gasteiger partial charge in [0.05, 0.1) is 17.8 Å². The zero-order valence-electron chi connectivity index (χ0n) is 21.9. The maximum atomic E-state index is 13.1. The maximum absolute atomic E-state index is 13.1. The summed E-state index contributed by atoms with van der Waals surface area (Å²) in [6.07, 6.45) is 7.58. The largest absolute Gasteiger partial charge is 0.392 e. The molecular weight excluding hydrogens is 432 g/mol. The minimum atomic E-state index is -0.552. The van der Waals surface area contributed by atoms with Crippen molar-refractivity contribution in [2.45, 2.75) is 96.9 Å². The molecule has 188 valence electrons. The third-order valence-corrected chi connectivity index (χ3v) is 12.4. The van der Waals surface area contributed by atoms with Crippen LogP contribution in [0.1, 0.15) is 78.2 Å². The second-order valence-corrected chi connectivity index (χ2v) is 14.0. The summed E-state index contributed by atoms with van der Waals surface area (Å²) in [6, 6.07) is 10.8. The SMILES string of the molecule is C[C@H]1CCC2C3C(CC[C@@]21C)[C@@]1(Cc2ccccc2)C(O)CC(=O)CC1[C@H]1C2=C(C2)C(C)(C)O[C@H]31. The number of aliphatic hydroxyl groups is 1. The van der Waals surface area contributed by atoms with Crippen LogP contribution >= 0.6 is 0 Å². The summed E-state index contributed by atoms with van der Waals surface area (Å²) in [7, 11) is 0. The smallest absolute Gasteiger partial charge is 0.135 e. The second kappa shape index (κ2) is 7.32. The van der Waals surface area contributed by atoms with Gasteiger partial charge in [0.25, 0.3) is 0 Å². The Balaban J connectivity index is 1.43. The number of fused-ring (bicyclic) bond motifs is 9. The van der Waals surface area contributed by atoms with E-state index in [1.165, 1.54) is 30.4 Å². The molecule has 3 heteroatoms. The van der Waals surface area contributed by atoms with E-state index in [4.69, 9.17) is 4.74 Å². The molecule has 0 bridgehead atoms. The first-order valence-corrected chi connectivity index (χ1v) is 14.3. The first-order chi connectivity index (χ1) is 16.7. The lowest BCUT2D eigenvalue weighted by Gasteiger charge is -2.67. The molecule has 1 heterocycles. The van der Waals surface area contributed by atoms with Crippen LogP contribution in [0.3, 0.4) is 0 Å².